The predicted octanol–water partition coefficient (Wildman–Crippen LogP) is 2.18. The van der Waals surface area contributed by atoms with E-state index in [-0.39, 0.29) is 17.5 Å². The standard InChI is InChI=1S/C13H17ClN2O/c1-9(15)7-12(17)16-13(5-6-13)10-3-2-4-11(14)8-10/h2-4,8-9H,5-7,15H2,1H3,(H,16,17). The van der Waals surface area contributed by atoms with E-state index in [1.54, 1.807) is 0 Å². The highest BCUT2D eigenvalue weighted by atomic mass is 35.5. The van der Waals surface area contributed by atoms with Crippen LogP contribution in [0.25, 0.3) is 0 Å². The number of carbonyl (C=O) groups is 1. The topological polar surface area (TPSA) is 55.1 Å². The van der Waals surface area contributed by atoms with Crippen LogP contribution in [0.5, 0.6) is 0 Å². The van der Waals surface area contributed by atoms with Crippen LogP contribution in [0.1, 0.15) is 31.7 Å². The molecule has 0 heterocycles. The van der Waals surface area contributed by atoms with Crippen LogP contribution in [0, 0.1) is 0 Å². The molecule has 0 aromatic heterocycles. The van der Waals surface area contributed by atoms with Crippen molar-refractivity contribution in [3.05, 3.63) is 34.9 Å². The summed E-state index contributed by atoms with van der Waals surface area (Å²) in [5.41, 5.74) is 6.50. The van der Waals surface area contributed by atoms with E-state index < -0.39 is 0 Å². The third kappa shape index (κ3) is 2.99. The summed E-state index contributed by atoms with van der Waals surface area (Å²) >= 11 is 5.97. The second-order valence-corrected chi connectivity index (χ2v) is 5.26. The molecule has 0 spiro atoms. The zero-order chi connectivity index (χ0) is 12.5. The van der Waals surface area contributed by atoms with Gasteiger partial charge in [0.15, 0.2) is 0 Å². The summed E-state index contributed by atoms with van der Waals surface area (Å²) in [4.78, 5) is 11.7. The van der Waals surface area contributed by atoms with Crippen molar-refractivity contribution in [2.45, 2.75) is 37.8 Å². The van der Waals surface area contributed by atoms with Crippen LogP contribution < -0.4 is 11.1 Å². The van der Waals surface area contributed by atoms with Crippen molar-refractivity contribution >= 4 is 17.5 Å². The van der Waals surface area contributed by atoms with Crippen molar-refractivity contribution < 1.29 is 4.79 Å². The first kappa shape index (κ1) is 12.4. The van der Waals surface area contributed by atoms with Gasteiger partial charge in [0.2, 0.25) is 5.91 Å². The molecule has 0 bridgehead atoms. The van der Waals surface area contributed by atoms with Crippen LogP contribution in [-0.2, 0) is 10.3 Å². The maximum Gasteiger partial charge on any atom is 0.222 e. The molecular weight excluding hydrogens is 236 g/mol. The van der Waals surface area contributed by atoms with Gasteiger partial charge in [-0.15, -0.1) is 0 Å². The average Bonchev–Trinajstić information content (AvgIpc) is 2.97. The van der Waals surface area contributed by atoms with E-state index in [2.05, 4.69) is 5.32 Å². The number of amides is 1. The molecule has 2 rings (SSSR count). The van der Waals surface area contributed by atoms with E-state index in [0.717, 1.165) is 18.4 Å². The number of benzene rings is 1. The molecule has 1 aromatic rings. The summed E-state index contributed by atoms with van der Waals surface area (Å²) in [7, 11) is 0. The van der Waals surface area contributed by atoms with Gasteiger partial charge in [-0.05, 0) is 37.5 Å². The van der Waals surface area contributed by atoms with Gasteiger partial charge in [0.05, 0.1) is 5.54 Å². The molecule has 1 atom stereocenters. The van der Waals surface area contributed by atoms with Gasteiger partial charge in [0.25, 0.3) is 0 Å². The molecule has 0 aliphatic heterocycles. The minimum Gasteiger partial charge on any atom is -0.347 e. The average molecular weight is 253 g/mol. The van der Waals surface area contributed by atoms with Gasteiger partial charge < -0.3 is 11.1 Å². The lowest BCUT2D eigenvalue weighted by Gasteiger charge is -2.19. The van der Waals surface area contributed by atoms with Crippen molar-refractivity contribution in [3.63, 3.8) is 0 Å². The van der Waals surface area contributed by atoms with Crippen molar-refractivity contribution in [1.82, 2.24) is 5.32 Å². The van der Waals surface area contributed by atoms with E-state index in [9.17, 15) is 4.79 Å². The Kier molecular flexibility index (Phi) is 3.40. The van der Waals surface area contributed by atoms with Crippen molar-refractivity contribution in [2.24, 2.45) is 5.73 Å². The maximum absolute atomic E-state index is 11.7. The lowest BCUT2D eigenvalue weighted by Crippen LogP contribution is -2.37. The molecular formula is C13H17ClN2O. The predicted molar refractivity (Wildman–Crippen MR) is 68.8 cm³/mol. The number of nitrogens with two attached hydrogens (primary N) is 1. The largest absolute Gasteiger partial charge is 0.347 e. The zero-order valence-corrected chi connectivity index (χ0v) is 10.6. The van der Waals surface area contributed by atoms with Crippen LogP contribution >= 0.6 is 11.6 Å². The van der Waals surface area contributed by atoms with Gasteiger partial charge in [0, 0.05) is 17.5 Å². The number of nitrogens with one attached hydrogen (secondary N) is 1. The Morgan fingerprint density at radius 3 is 2.82 bits per heavy atom. The minimum absolute atomic E-state index is 0.0116. The molecule has 17 heavy (non-hydrogen) atoms. The first-order valence-electron chi connectivity index (χ1n) is 5.84. The Hall–Kier alpha value is -1.06. The molecule has 1 saturated carbocycles. The number of rotatable bonds is 4. The fourth-order valence-corrected chi connectivity index (χ4v) is 2.20. The van der Waals surface area contributed by atoms with Crippen molar-refractivity contribution in [3.8, 4) is 0 Å². The zero-order valence-electron chi connectivity index (χ0n) is 9.87. The fourth-order valence-electron chi connectivity index (χ4n) is 2.01. The minimum atomic E-state index is -0.198. The molecule has 1 aliphatic carbocycles. The Balaban J connectivity index is 2.07. The molecule has 1 unspecified atom stereocenters. The van der Waals surface area contributed by atoms with Crippen LogP contribution in [0.15, 0.2) is 24.3 Å². The van der Waals surface area contributed by atoms with E-state index in [1.807, 2.05) is 31.2 Å². The van der Waals surface area contributed by atoms with Crippen LogP contribution in [0.3, 0.4) is 0 Å². The smallest absolute Gasteiger partial charge is 0.222 e. The summed E-state index contributed by atoms with van der Waals surface area (Å²) < 4.78 is 0. The van der Waals surface area contributed by atoms with E-state index in [1.165, 1.54) is 0 Å². The highest BCUT2D eigenvalue weighted by Crippen LogP contribution is 2.46. The number of carbonyl (C=O) groups excluding carboxylic acids is 1. The summed E-state index contributed by atoms with van der Waals surface area (Å²) in [6, 6.07) is 7.57. The SMILES string of the molecule is CC(N)CC(=O)NC1(c2cccc(Cl)c2)CC1. The van der Waals surface area contributed by atoms with Gasteiger partial charge in [-0.2, -0.15) is 0 Å². The quantitative estimate of drug-likeness (QED) is 0.863. The van der Waals surface area contributed by atoms with E-state index in [0.29, 0.717) is 11.4 Å². The number of hydrogen-bond acceptors (Lipinski definition) is 2. The summed E-state index contributed by atoms with van der Waals surface area (Å²) in [6.45, 7) is 1.83. The molecule has 4 heteroatoms. The van der Waals surface area contributed by atoms with E-state index >= 15 is 0 Å². The fraction of sp³-hybridized carbons (Fsp3) is 0.462. The molecule has 1 aromatic carbocycles. The molecule has 3 N–H and O–H groups in total. The Morgan fingerprint density at radius 2 is 2.29 bits per heavy atom. The van der Waals surface area contributed by atoms with Gasteiger partial charge in [0.1, 0.15) is 0 Å². The van der Waals surface area contributed by atoms with Gasteiger partial charge >= 0.3 is 0 Å². The normalized spacial score (nSPS) is 18.5. The lowest BCUT2D eigenvalue weighted by atomic mass is 10.0. The van der Waals surface area contributed by atoms with E-state index in [4.69, 9.17) is 17.3 Å². The third-order valence-electron chi connectivity index (χ3n) is 3.01. The first-order chi connectivity index (χ1) is 8.02. The Labute approximate surface area is 106 Å². The summed E-state index contributed by atoms with van der Waals surface area (Å²) in [5, 5.41) is 3.77. The number of hydrogen-bond donors (Lipinski definition) is 2. The number of halogens is 1. The molecule has 0 saturated heterocycles. The van der Waals surface area contributed by atoms with Gasteiger partial charge in [-0.3, -0.25) is 4.79 Å². The second kappa shape index (κ2) is 4.67. The monoisotopic (exact) mass is 252 g/mol. The van der Waals surface area contributed by atoms with Crippen molar-refractivity contribution in [1.29, 1.82) is 0 Å². The second-order valence-electron chi connectivity index (χ2n) is 4.82. The molecule has 0 radical (unpaired) electrons. The summed E-state index contributed by atoms with van der Waals surface area (Å²) in [5.74, 6) is 0.0116. The Morgan fingerprint density at radius 1 is 1.59 bits per heavy atom. The molecule has 3 nitrogen and oxygen atoms in total. The van der Waals surface area contributed by atoms with Gasteiger partial charge in [-0.25, -0.2) is 0 Å². The molecule has 1 fully saturated rings. The first-order valence-corrected chi connectivity index (χ1v) is 6.22. The van der Waals surface area contributed by atoms with Crippen LogP contribution in [0.4, 0.5) is 0 Å². The highest BCUT2D eigenvalue weighted by Gasteiger charge is 2.45. The maximum atomic E-state index is 11.7. The summed E-state index contributed by atoms with van der Waals surface area (Å²) in [6.07, 6.45) is 2.30. The van der Waals surface area contributed by atoms with Crippen LogP contribution in [0.2, 0.25) is 5.02 Å². The van der Waals surface area contributed by atoms with Crippen molar-refractivity contribution in [2.75, 3.05) is 0 Å². The third-order valence-corrected chi connectivity index (χ3v) is 3.25. The highest BCUT2D eigenvalue weighted by molar-refractivity contribution is 6.30. The lowest BCUT2D eigenvalue weighted by molar-refractivity contribution is -0.122. The molecule has 92 valence electrons. The van der Waals surface area contributed by atoms with Gasteiger partial charge in [-0.1, -0.05) is 23.7 Å². The molecule has 1 aliphatic rings. The van der Waals surface area contributed by atoms with Crippen LogP contribution in [-0.4, -0.2) is 11.9 Å². The molecule has 1 amide bonds. The Bertz CT molecular complexity index is 427.